The molecule has 0 bridgehead atoms. The Morgan fingerprint density at radius 2 is 1.92 bits per heavy atom. The maximum absolute atomic E-state index is 13.3. The maximum Gasteiger partial charge on any atom is 0.295 e. The second-order valence-electron chi connectivity index (χ2n) is 9.91. The number of likely N-dealkylation sites (tertiary alicyclic amines) is 1. The number of fused-ring (bicyclic) bond motifs is 1. The lowest BCUT2D eigenvalue weighted by molar-refractivity contribution is -0.137. The van der Waals surface area contributed by atoms with E-state index in [1.807, 2.05) is 5.92 Å². The van der Waals surface area contributed by atoms with E-state index >= 15 is 0 Å². The van der Waals surface area contributed by atoms with Gasteiger partial charge in [0.2, 0.25) is 5.91 Å². The molecule has 10 nitrogen and oxygen atoms in total. The Bertz CT molecular complexity index is 1430. The predicted molar refractivity (Wildman–Crippen MR) is 132 cm³/mol. The van der Waals surface area contributed by atoms with Crippen molar-refractivity contribution < 1.29 is 19.1 Å². The average Bonchev–Trinajstić information content (AvgIpc) is 3.30. The lowest BCUT2D eigenvalue weighted by atomic mass is 9.77. The highest BCUT2D eigenvalue weighted by Gasteiger charge is 2.37. The van der Waals surface area contributed by atoms with Gasteiger partial charge in [-0.05, 0) is 61.8 Å². The summed E-state index contributed by atoms with van der Waals surface area (Å²) in [6, 6.07) is 5.74. The van der Waals surface area contributed by atoms with Gasteiger partial charge in [-0.1, -0.05) is 0 Å². The number of amides is 2. The van der Waals surface area contributed by atoms with E-state index in [0.29, 0.717) is 49.1 Å². The van der Waals surface area contributed by atoms with E-state index in [2.05, 4.69) is 15.4 Å². The maximum atomic E-state index is 13.3. The molecule has 1 saturated heterocycles. The summed E-state index contributed by atoms with van der Waals surface area (Å²) < 4.78 is 16.1. The first-order chi connectivity index (χ1) is 17.7. The molecule has 2 aliphatic rings. The lowest BCUT2D eigenvalue weighted by Crippen LogP contribution is -2.51. The third-order valence-electron chi connectivity index (χ3n) is 7.30. The summed E-state index contributed by atoms with van der Waals surface area (Å²) in [6.07, 6.45) is 10.4. The highest BCUT2D eigenvalue weighted by Crippen LogP contribution is 2.32. The molecule has 2 N–H and O–H groups in total. The number of benzene rings is 1. The van der Waals surface area contributed by atoms with Crippen molar-refractivity contribution in [1.82, 2.24) is 29.5 Å². The van der Waals surface area contributed by atoms with Crippen LogP contribution in [0.15, 0.2) is 41.6 Å². The second kappa shape index (κ2) is 9.78. The van der Waals surface area contributed by atoms with Crippen LogP contribution in [0.25, 0.3) is 16.7 Å². The number of terminal acetylenes is 1. The summed E-state index contributed by atoms with van der Waals surface area (Å²) in [5, 5.41) is 18.4. The largest absolute Gasteiger partial charge is 0.388 e. The standard InChI is InChI=1S/C26H27FN6O4/c1-2-22(34)30-19-11-17(12-19)13-23(35)31-9-7-26(37,8-10-31)15-32-16-28-24-21(25(32)36)14-29-33(24)20-5-3-18(27)4-6-20/h1,3-6,14,16-17,19,37H,7-13,15H2,(H,30,34). The first kappa shape index (κ1) is 24.6. The molecule has 11 heteroatoms. The Balaban J connectivity index is 1.18. The summed E-state index contributed by atoms with van der Waals surface area (Å²) in [4.78, 5) is 43.2. The molecule has 2 amide bonds. The topological polar surface area (TPSA) is 122 Å². The molecule has 37 heavy (non-hydrogen) atoms. The minimum Gasteiger partial charge on any atom is -0.388 e. The Morgan fingerprint density at radius 1 is 1.22 bits per heavy atom. The molecule has 3 heterocycles. The zero-order valence-electron chi connectivity index (χ0n) is 20.1. The molecule has 5 rings (SSSR count). The Kier molecular flexibility index (Phi) is 6.52. The van der Waals surface area contributed by atoms with E-state index in [9.17, 15) is 23.9 Å². The van der Waals surface area contributed by atoms with E-state index in [0.717, 1.165) is 12.8 Å². The number of hydrogen-bond acceptors (Lipinski definition) is 6. The van der Waals surface area contributed by atoms with Crippen molar-refractivity contribution in [3.8, 4) is 18.0 Å². The fourth-order valence-corrected chi connectivity index (χ4v) is 5.10. The van der Waals surface area contributed by atoms with Gasteiger partial charge in [0.25, 0.3) is 11.5 Å². The normalized spacial score (nSPS) is 20.7. The third-order valence-corrected chi connectivity index (χ3v) is 7.30. The van der Waals surface area contributed by atoms with Crippen molar-refractivity contribution >= 4 is 22.8 Å². The minimum absolute atomic E-state index is 0.0276. The Labute approximate surface area is 212 Å². The molecule has 2 fully saturated rings. The highest BCUT2D eigenvalue weighted by atomic mass is 19.1. The zero-order chi connectivity index (χ0) is 26.2. The van der Waals surface area contributed by atoms with Crippen LogP contribution in [-0.2, 0) is 16.1 Å². The molecular weight excluding hydrogens is 479 g/mol. The van der Waals surface area contributed by atoms with Gasteiger partial charge in [0.1, 0.15) is 17.5 Å². The summed E-state index contributed by atoms with van der Waals surface area (Å²) in [5.41, 5.74) is -0.560. The molecule has 1 aromatic carbocycles. The van der Waals surface area contributed by atoms with E-state index in [-0.39, 0.29) is 35.8 Å². The van der Waals surface area contributed by atoms with Crippen molar-refractivity contribution in [3.05, 3.63) is 53.0 Å². The first-order valence-corrected chi connectivity index (χ1v) is 12.2. The monoisotopic (exact) mass is 506 g/mol. The molecule has 3 aromatic rings. The van der Waals surface area contributed by atoms with Gasteiger partial charge in [0.15, 0.2) is 5.65 Å². The summed E-state index contributed by atoms with van der Waals surface area (Å²) >= 11 is 0. The van der Waals surface area contributed by atoms with Crippen molar-refractivity contribution in [2.24, 2.45) is 5.92 Å². The number of rotatable bonds is 6. The van der Waals surface area contributed by atoms with Crippen LogP contribution in [0.4, 0.5) is 4.39 Å². The fourth-order valence-electron chi connectivity index (χ4n) is 5.10. The van der Waals surface area contributed by atoms with Crippen LogP contribution < -0.4 is 10.9 Å². The van der Waals surface area contributed by atoms with Crippen molar-refractivity contribution in [1.29, 1.82) is 0 Å². The molecular formula is C26H27FN6O4. The smallest absolute Gasteiger partial charge is 0.295 e. The molecule has 0 spiro atoms. The van der Waals surface area contributed by atoms with E-state index < -0.39 is 11.5 Å². The molecule has 1 saturated carbocycles. The first-order valence-electron chi connectivity index (χ1n) is 12.2. The van der Waals surface area contributed by atoms with Crippen LogP contribution >= 0.6 is 0 Å². The van der Waals surface area contributed by atoms with Crippen LogP contribution in [0.5, 0.6) is 0 Å². The van der Waals surface area contributed by atoms with Gasteiger partial charge >= 0.3 is 0 Å². The Hall–Kier alpha value is -4.04. The second-order valence-corrected chi connectivity index (χ2v) is 9.91. The summed E-state index contributed by atoms with van der Waals surface area (Å²) in [6.45, 7) is 0.843. The number of nitrogens with zero attached hydrogens (tertiary/aromatic N) is 5. The number of nitrogens with one attached hydrogen (secondary N) is 1. The molecule has 192 valence electrons. The fraction of sp³-hybridized carbons (Fsp3) is 0.423. The predicted octanol–water partition coefficient (Wildman–Crippen LogP) is 0.993. The van der Waals surface area contributed by atoms with Gasteiger partial charge in [-0.15, -0.1) is 6.42 Å². The number of hydrogen-bond donors (Lipinski definition) is 2. The minimum atomic E-state index is -1.15. The van der Waals surface area contributed by atoms with Crippen LogP contribution in [0, 0.1) is 24.1 Å². The van der Waals surface area contributed by atoms with E-state index in [4.69, 9.17) is 6.42 Å². The van der Waals surface area contributed by atoms with Gasteiger partial charge in [-0.25, -0.2) is 14.1 Å². The van der Waals surface area contributed by atoms with Crippen LogP contribution in [0.1, 0.15) is 32.1 Å². The number of aliphatic hydroxyl groups is 1. The van der Waals surface area contributed by atoms with Crippen LogP contribution in [0.3, 0.4) is 0 Å². The van der Waals surface area contributed by atoms with Crippen molar-refractivity contribution in [2.45, 2.75) is 50.3 Å². The highest BCUT2D eigenvalue weighted by molar-refractivity contribution is 5.93. The molecule has 0 radical (unpaired) electrons. The number of piperidine rings is 1. The number of carbonyl (C=O) groups is 2. The molecule has 0 atom stereocenters. The number of halogens is 1. The zero-order valence-corrected chi connectivity index (χ0v) is 20.1. The van der Waals surface area contributed by atoms with Gasteiger partial charge < -0.3 is 15.3 Å². The average molecular weight is 507 g/mol. The van der Waals surface area contributed by atoms with Crippen molar-refractivity contribution in [3.63, 3.8) is 0 Å². The van der Waals surface area contributed by atoms with Gasteiger partial charge in [-0.2, -0.15) is 5.10 Å². The summed E-state index contributed by atoms with van der Waals surface area (Å²) in [7, 11) is 0. The van der Waals surface area contributed by atoms with Crippen LogP contribution in [-0.4, -0.2) is 65.9 Å². The van der Waals surface area contributed by atoms with Gasteiger partial charge in [-0.3, -0.25) is 19.0 Å². The van der Waals surface area contributed by atoms with Gasteiger partial charge in [0, 0.05) is 25.6 Å². The number of aromatic nitrogens is 4. The number of carbonyl (C=O) groups excluding carboxylic acids is 2. The quantitative estimate of drug-likeness (QED) is 0.481. The molecule has 0 unspecified atom stereocenters. The molecule has 1 aliphatic heterocycles. The molecule has 2 aromatic heterocycles. The SMILES string of the molecule is C#CC(=O)NC1CC(CC(=O)N2CCC(O)(Cn3cnc4c(cnn4-c4ccc(F)cc4)c3=O)CC2)C1. The summed E-state index contributed by atoms with van der Waals surface area (Å²) in [5.74, 6) is 1.46. The van der Waals surface area contributed by atoms with E-state index in [1.54, 1.807) is 17.0 Å². The van der Waals surface area contributed by atoms with Crippen molar-refractivity contribution in [2.75, 3.05) is 13.1 Å². The molecule has 1 aliphatic carbocycles. The third kappa shape index (κ3) is 5.11. The van der Waals surface area contributed by atoms with Crippen LogP contribution in [0.2, 0.25) is 0 Å². The Morgan fingerprint density at radius 3 is 2.59 bits per heavy atom. The lowest BCUT2D eigenvalue weighted by Gasteiger charge is -2.40. The van der Waals surface area contributed by atoms with Gasteiger partial charge in [0.05, 0.1) is 24.0 Å². The van der Waals surface area contributed by atoms with E-state index in [1.165, 1.54) is 33.9 Å².